The molecule has 5 nitrogen and oxygen atoms in total. The molecule has 0 aliphatic carbocycles. The van der Waals surface area contributed by atoms with Gasteiger partial charge >= 0.3 is 12.0 Å². The van der Waals surface area contributed by atoms with Crippen LogP contribution in [0.2, 0.25) is 0 Å². The average Bonchev–Trinajstić information content (AvgIpc) is 2.34. The SMILES string of the molecule is C#CCN(CC)C(=O)NCCCCCCC(=O)O. The molecule has 0 aromatic rings. The van der Waals surface area contributed by atoms with Crippen LogP contribution in [-0.2, 0) is 4.79 Å². The van der Waals surface area contributed by atoms with E-state index >= 15 is 0 Å². The van der Waals surface area contributed by atoms with E-state index in [4.69, 9.17) is 11.5 Å². The summed E-state index contributed by atoms with van der Waals surface area (Å²) >= 11 is 0. The molecule has 0 atom stereocenters. The minimum absolute atomic E-state index is 0.138. The molecule has 0 unspecified atom stereocenters. The second-order valence-electron chi connectivity index (χ2n) is 4.01. The van der Waals surface area contributed by atoms with Crippen molar-refractivity contribution in [2.45, 2.75) is 39.0 Å². The summed E-state index contributed by atoms with van der Waals surface area (Å²) in [6, 6.07) is -0.138. The molecule has 2 amide bonds. The van der Waals surface area contributed by atoms with Crippen molar-refractivity contribution >= 4 is 12.0 Å². The molecule has 0 saturated heterocycles. The topological polar surface area (TPSA) is 69.6 Å². The van der Waals surface area contributed by atoms with E-state index in [0.717, 1.165) is 19.3 Å². The maximum atomic E-state index is 11.6. The van der Waals surface area contributed by atoms with Crippen molar-refractivity contribution in [1.82, 2.24) is 10.2 Å². The molecular weight excluding hydrogens is 232 g/mol. The number of hydrogen-bond donors (Lipinski definition) is 2. The van der Waals surface area contributed by atoms with Crippen LogP contribution in [0.3, 0.4) is 0 Å². The largest absolute Gasteiger partial charge is 0.481 e. The van der Waals surface area contributed by atoms with Crippen LogP contribution in [0.15, 0.2) is 0 Å². The predicted molar refractivity (Wildman–Crippen MR) is 70.2 cm³/mol. The Balaban J connectivity index is 3.51. The van der Waals surface area contributed by atoms with Crippen LogP contribution < -0.4 is 5.32 Å². The predicted octanol–water partition coefficient (Wildman–Crippen LogP) is 1.69. The van der Waals surface area contributed by atoms with Gasteiger partial charge in [-0.3, -0.25) is 4.79 Å². The third-order valence-electron chi connectivity index (χ3n) is 2.54. The van der Waals surface area contributed by atoms with Crippen LogP contribution >= 0.6 is 0 Å². The Morgan fingerprint density at radius 1 is 1.28 bits per heavy atom. The van der Waals surface area contributed by atoms with Crippen molar-refractivity contribution in [3.63, 3.8) is 0 Å². The van der Waals surface area contributed by atoms with E-state index in [-0.39, 0.29) is 12.5 Å². The molecule has 0 aliphatic rings. The quantitative estimate of drug-likeness (QED) is 0.486. The lowest BCUT2D eigenvalue weighted by molar-refractivity contribution is -0.137. The number of carbonyl (C=O) groups is 2. The molecule has 0 spiro atoms. The summed E-state index contributed by atoms with van der Waals surface area (Å²) in [7, 11) is 0. The molecule has 2 N–H and O–H groups in total. The normalized spacial score (nSPS) is 9.56. The molecular formula is C13H22N2O3. The summed E-state index contributed by atoms with van der Waals surface area (Å²) in [4.78, 5) is 23.4. The van der Waals surface area contributed by atoms with Crippen LogP contribution in [-0.4, -0.2) is 41.6 Å². The maximum absolute atomic E-state index is 11.6. The van der Waals surface area contributed by atoms with Gasteiger partial charge in [0.2, 0.25) is 0 Å². The number of hydrogen-bond acceptors (Lipinski definition) is 2. The lowest BCUT2D eigenvalue weighted by atomic mass is 10.1. The fourth-order valence-electron chi connectivity index (χ4n) is 1.50. The van der Waals surface area contributed by atoms with Gasteiger partial charge in [-0.15, -0.1) is 6.42 Å². The highest BCUT2D eigenvalue weighted by molar-refractivity contribution is 5.74. The van der Waals surface area contributed by atoms with Crippen molar-refractivity contribution in [2.75, 3.05) is 19.6 Å². The molecule has 0 aliphatic heterocycles. The maximum Gasteiger partial charge on any atom is 0.318 e. The third-order valence-corrected chi connectivity index (χ3v) is 2.54. The average molecular weight is 254 g/mol. The molecule has 102 valence electrons. The lowest BCUT2D eigenvalue weighted by Gasteiger charge is -2.18. The standard InChI is InChI=1S/C13H22N2O3/c1-3-11-15(4-2)13(18)14-10-8-6-5-7-9-12(16)17/h1H,4-11H2,2H3,(H,14,18)(H,16,17). The van der Waals surface area contributed by atoms with Gasteiger partial charge in [-0.1, -0.05) is 18.8 Å². The summed E-state index contributed by atoms with van der Waals surface area (Å²) < 4.78 is 0. The van der Waals surface area contributed by atoms with Crippen LogP contribution in [0, 0.1) is 12.3 Å². The number of nitrogens with zero attached hydrogens (tertiary/aromatic N) is 1. The van der Waals surface area contributed by atoms with E-state index in [9.17, 15) is 9.59 Å². The molecule has 0 aromatic heterocycles. The third kappa shape index (κ3) is 8.45. The molecule has 0 radical (unpaired) electrons. The minimum atomic E-state index is -0.754. The first kappa shape index (κ1) is 16.3. The van der Waals surface area contributed by atoms with Crippen LogP contribution in [0.1, 0.15) is 39.0 Å². The van der Waals surface area contributed by atoms with Gasteiger partial charge in [0, 0.05) is 19.5 Å². The van der Waals surface area contributed by atoms with Gasteiger partial charge in [0.05, 0.1) is 6.54 Å². The van der Waals surface area contributed by atoms with Crippen LogP contribution in [0.25, 0.3) is 0 Å². The summed E-state index contributed by atoms with van der Waals surface area (Å²) in [5.41, 5.74) is 0. The summed E-state index contributed by atoms with van der Waals surface area (Å²) in [5, 5.41) is 11.2. The fraction of sp³-hybridized carbons (Fsp3) is 0.692. The number of nitrogens with one attached hydrogen (secondary N) is 1. The lowest BCUT2D eigenvalue weighted by Crippen LogP contribution is -2.40. The van der Waals surface area contributed by atoms with E-state index in [1.54, 1.807) is 4.90 Å². The monoisotopic (exact) mass is 254 g/mol. The molecule has 0 heterocycles. The van der Waals surface area contributed by atoms with Crippen LogP contribution in [0.4, 0.5) is 4.79 Å². The number of aliphatic carboxylic acids is 1. The van der Waals surface area contributed by atoms with Crippen molar-refractivity contribution in [2.24, 2.45) is 0 Å². The summed E-state index contributed by atoms with van der Waals surface area (Å²) in [6.07, 6.45) is 8.74. The van der Waals surface area contributed by atoms with Gasteiger partial charge in [0.15, 0.2) is 0 Å². The Labute approximate surface area is 109 Å². The second kappa shape index (κ2) is 10.5. The zero-order chi connectivity index (χ0) is 13.8. The first-order valence-corrected chi connectivity index (χ1v) is 6.29. The van der Waals surface area contributed by atoms with Crippen LogP contribution in [0.5, 0.6) is 0 Å². The van der Waals surface area contributed by atoms with Gasteiger partial charge in [-0.05, 0) is 19.8 Å². The highest BCUT2D eigenvalue weighted by atomic mass is 16.4. The molecule has 5 heteroatoms. The second-order valence-corrected chi connectivity index (χ2v) is 4.01. The van der Waals surface area contributed by atoms with Crippen molar-refractivity contribution in [3.05, 3.63) is 0 Å². The first-order valence-electron chi connectivity index (χ1n) is 6.29. The Bertz CT molecular complexity index is 297. The van der Waals surface area contributed by atoms with Gasteiger partial charge in [-0.2, -0.15) is 0 Å². The Morgan fingerprint density at radius 3 is 2.50 bits per heavy atom. The fourth-order valence-corrected chi connectivity index (χ4v) is 1.50. The first-order chi connectivity index (χ1) is 8.61. The Hall–Kier alpha value is -1.70. The Morgan fingerprint density at radius 2 is 1.94 bits per heavy atom. The van der Waals surface area contributed by atoms with Crippen molar-refractivity contribution < 1.29 is 14.7 Å². The van der Waals surface area contributed by atoms with Crippen molar-refractivity contribution in [1.29, 1.82) is 0 Å². The number of carboxylic acids is 1. The van der Waals surface area contributed by atoms with Gasteiger partial charge in [0.25, 0.3) is 0 Å². The number of carbonyl (C=O) groups excluding carboxylic acids is 1. The number of amides is 2. The zero-order valence-electron chi connectivity index (χ0n) is 10.9. The van der Waals surface area contributed by atoms with Gasteiger partial charge in [0.1, 0.15) is 0 Å². The minimum Gasteiger partial charge on any atom is -0.481 e. The molecule has 0 saturated carbocycles. The summed E-state index contributed by atoms with van der Waals surface area (Å²) in [5.74, 6) is 1.68. The van der Waals surface area contributed by atoms with Crippen molar-refractivity contribution in [3.8, 4) is 12.3 Å². The number of unbranched alkanes of at least 4 members (excludes halogenated alkanes) is 3. The molecule has 18 heavy (non-hydrogen) atoms. The highest BCUT2D eigenvalue weighted by Gasteiger charge is 2.08. The number of carboxylic acid groups (broad SMARTS) is 1. The highest BCUT2D eigenvalue weighted by Crippen LogP contribution is 2.02. The van der Waals surface area contributed by atoms with Gasteiger partial charge in [-0.25, -0.2) is 4.79 Å². The molecule has 0 aromatic carbocycles. The smallest absolute Gasteiger partial charge is 0.318 e. The molecule has 0 bridgehead atoms. The van der Waals surface area contributed by atoms with E-state index in [0.29, 0.717) is 26.1 Å². The number of rotatable bonds is 9. The van der Waals surface area contributed by atoms with E-state index < -0.39 is 5.97 Å². The number of urea groups is 1. The van der Waals surface area contributed by atoms with Gasteiger partial charge < -0.3 is 15.3 Å². The summed E-state index contributed by atoms with van der Waals surface area (Å²) in [6.45, 7) is 3.39. The van der Waals surface area contributed by atoms with E-state index in [1.165, 1.54) is 0 Å². The zero-order valence-corrected chi connectivity index (χ0v) is 10.9. The molecule has 0 rings (SSSR count). The Kier molecular flexibility index (Phi) is 9.47. The van der Waals surface area contributed by atoms with E-state index in [2.05, 4.69) is 11.2 Å². The number of terminal acetylenes is 1. The van der Waals surface area contributed by atoms with E-state index in [1.807, 2.05) is 6.92 Å². The molecule has 0 fully saturated rings.